The smallest absolute Gasteiger partial charge is 0.0857 e. The van der Waals surface area contributed by atoms with Crippen LogP contribution in [0.1, 0.15) is 53.9 Å². The third-order valence-electron chi connectivity index (χ3n) is 4.29. The summed E-state index contributed by atoms with van der Waals surface area (Å²) in [5, 5.41) is 0. The Morgan fingerprint density at radius 3 is 2.52 bits per heavy atom. The van der Waals surface area contributed by atoms with Gasteiger partial charge in [-0.05, 0) is 31.8 Å². The van der Waals surface area contributed by atoms with Crippen molar-refractivity contribution in [2.24, 2.45) is 11.3 Å². The monoisotopic (exact) mass is 298 g/mol. The molecule has 2 atom stereocenters. The molecule has 1 fully saturated rings. The standard InChI is InChI=1S/C18H38N2O/c1-15(2)9-8-10-16-17(21-12-11-20(16)7)13-19(6)14-18(3,4)5/h15-17H,8-14H2,1-7H3/t16-,17-/m1/s1. The maximum Gasteiger partial charge on any atom is 0.0857 e. The molecule has 3 nitrogen and oxygen atoms in total. The van der Waals surface area contributed by atoms with E-state index in [4.69, 9.17) is 4.74 Å². The summed E-state index contributed by atoms with van der Waals surface area (Å²) in [5.74, 6) is 0.807. The van der Waals surface area contributed by atoms with Crippen molar-refractivity contribution in [1.82, 2.24) is 9.80 Å². The average molecular weight is 299 g/mol. The van der Waals surface area contributed by atoms with Crippen LogP contribution < -0.4 is 0 Å². The summed E-state index contributed by atoms with van der Waals surface area (Å²) in [6.07, 6.45) is 4.27. The summed E-state index contributed by atoms with van der Waals surface area (Å²) in [6, 6.07) is 0.583. The van der Waals surface area contributed by atoms with Gasteiger partial charge in [0, 0.05) is 25.7 Å². The number of likely N-dealkylation sites (N-methyl/N-ethyl adjacent to an activating group) is 2. The number of rotatable bonds is 7. The van der Waals surface area contributed by atoms with Crippen LogP contribution in [-0.4, -0.2) is 62.3 Å². The minimum Gasteiger partial charge on any atom is -0.374 e. The highest BCUT2D eigenvalue weighted by Gasteiger charge is 2.31. The zero-order chi connectivity index (χ0) is 16.0. The maximum atomic E-state index is 6.12. The van der Waals surface area contributed by atoms with E-state index in [1.54, 1.807) is 0 Å². The molecule has 21 heavy (non-hydrogen) atoms. The van der Waals surface area contributed by atoms with E-state index in [2.05, 4.69) is 58.5 Å². The summed E-state index contributed by atoms with van der Waals surface area (Å²) in [5.41, 5.74) is 0.350. The molecule has 0 bridgehead atoms. The fourth-order valence-electron chi connectivity index (χ4n) is 3.41. The fraction of sp³-hybridized carbons (Fsp3) is 1.00. The highest BCUT2D eigenvalue weighted by molar-refractivity contribution is 4.85. The number of hydrogen-bond acceptors (Lipinski definition) is 3. The van der Waals surface area contributed by atoms with E-state index in [-0.39, 0.29) is 0 Å². The van der Waals surface area contributed by atoms with Crippen LogP contribution in [0.5, 0.6) is 0 Å². The van der Waals surface area contributed by atoms with Crippen LogP contribution in [0.2, 0.25) is 0 Å². The Morgan fingerprint density at radius 2 is 1.95 bits per heavy atom. The van der Waals surface area contributed by atoms with Crippen LogP contribution in [0.3, 0.4) is 0 Å². The van der Waals surface area contributed by atoms with Crippen LogP contribution in [-0.2, 0) is 4.74 Å². The topological polar surface area (TPSA) is 15.7 Å². The Hall–Kier alpha value is -0.120. The molecule has 1 aliphatic heterocycles. The van der Waals surface area contributed by atoms with Gasteiger partial charge in [-0.3, -0.25) is 4.90 Å². The highest BCUT2D eigenvalue weighted by Crippen LogP contribution is 2.22. The third-order valence-corrected chi connectivity index (χ3v) is 4.29. The molecule has 0 aromatic rings. The summed E-state index contributed by atoms with van der Waals surface area (Å²) >= 11 is 0. The van der Waals surface area contributed by atoms with Crippen LogP contribution in [0.4, 0.5) is 0 Å². The lowest BCUT2D eigenvalue weighted by Gasteiger charge is -2.41. The Morgan fingerprint density at radius 1 is 1.29 bits per heavy atom. The first-order valence-electron chi connectivity index (χ1n) is 8.69. The largest absolute Gasteiger partial charge is 0.374 e. The Balaban J connectivity index is 2.51. The lowest BCUT2D eigenvalue weighted by atomic mass is 9.94. The molecule has 126 valence electrons. The van der Waals surface area contributed by atoms with Crippen molar-refractivity contribution in [2.75, 3.05) is 40.3 Å². The van der Waals surface area contributed by atoms with Crippen molar-refractivity contribution >= 4 is 0 Å². The molecule has 1 rings (SSSR count). The average Bonchev–Trinajstić information content (AvgIpc) is 2.29. The molecule has 1 saturated heterocycles. The van der Waals surface area contributed by atoms with Gasteiger partial charge >= 0.3 is 0 Å². The molecule has 0 radical (unpaired) electrons. The van der Waals surface area contributed by atoms with Gasteiger partial charge in [-0.2, -0.15) is 0 Å². The molecule has 0 N–H and O–H groups in total. The zero-order valence-electron chi connectivity index (χ0n) is 15.5. The van der Waals surface area contributed by atoms with E-state index in [0.717, 1.165) is 32.2 Å². The number of morpholine rings is 1. The van der Waals surface area contributed by atoms with E-state index < -0.39 is 0 Å². The molecular weight excluding hydrogens is 260 g/mol. The van der Waals surface area contributed by atoms with Gasteiger partial charge in [0.1, 0.15) is 0 Å². The van der Waals surface area contributed by atoms with E-state index in [0.29, 0.717) is 17.6 Å². The Labute approximate surface area is 133 Å². The molecule has 0 saturated carbocycles. The van der Waals surface area contributed by atoms with Gasteiger partial charge in [0.15, 0.2) is 0 Å². The molecule has 0 spiro atoms. The molecule has 0 unspecified atom stereocenters. The number of ether oxygens (including phenoxy) is 1. The lowest BCUT2D eigenvalue weighted by molar-refractivity contribution is -0.0767. The Kier molecular flexibility index (Phi) is 7.66. The van der Waals surface area contributed by atoms with Crippen molar-refractivity contribution in [3.05, 3.63) is 0 Å². The molecule has 0 aromatic carbocycles. The van der Waals surface area contributed by atoms with Gasteiger partial charge in [-0.25, -0.2) is 0 Å². The first-order chi connectivity index (χ1) is 9.69. The van der Waals surface area contributed by atoms with E-state index >= 15 is 0 Å². The van der Waals surface area contributed by atoms with Gasteiger partial charge in [-0.15, -0.1) is 0 Å². The van der Waals surface area contributed by atoms with Gasteiger partial charge < -0.3 is 9.64 Å². The SMILES string of the molecule is CC(C)CCC[C@@H]1[C@@H](CN(C)CC(C)(C)C)OCCN1C. The normalized spacial score (nSPS) is 25.0. The molecule has 0 aliphatic carbocycles. The molecule has 1 aliphatic rings. The van der Waals surface area contributed by atoms with E-state index in [9.17, 15) is 0 Å². The molecule has 0 aromatic heterocycles. The number of hydrogen-bond donors (Lipinski definition) is 0. The van der Waals surface area contributed by atoms with Gasteiger partial charge in [0.2, 0.25) is 0 Å². The van der Waals surface area contributed by atoms with E-state index in [1.165, 1.54) is 19.3 Å². The van der Waals surface area contributed by atoms with Crippen molar-refractivity contribution < 1.29 is 4.74 Å². The van der Waals surface area contributed by atoms with Crippen molar-refractivity contribution in [3.63, 3.8) is 0 Å². The minimum absolute atomic E-state index is 0.350. The van der Waals surface area contributed by atoms with Gasteiger partial charge in [-0.1, -0.05) is 47.5 Å². The second-order valence-electron chi connectivity index (χ2n) is 8.54. The summed E-state index contributed by atoms with van der Waals surface area (Å²) in [4.78, 5) is 4.96. The molecular formula is C18H38N2O. The van der Waals surface area contributed by atoms with Crippen molar-refractivity contribution in [3.8, 4) is 0 Å². The van der Waals surface area contributed by atoms with Crippen molar-refractivity contribution in [2.45, 2.75) is 66.0 Å². The summed E-state index contributed by atoms with van der Waals surface area (Å²) < 4.78 is 6.12. The fourth-order valence-corrected chi connectivity index (χ4v) is 3.41. The molecule has 0 amide bonds. The predicted molar refractivity (Wildman–Crippen MR) is 91.8 cm³/mol. The van der Waals surface area contributed by atoms with Crippen LogP contribution >= 0.6 is 0 Å². The maximum absolute atomic E-state index is 6.12. The number of nitrogens with zero attached hydrogens (tertiary/aromatic N) is 2. The van der Waals surface area contributed by atoms with Crippen molar-refractivity contribution in [1.29, 1.82) is 0 Å². The molecule has 3 heteroatoms. The third kappa shape index (κ3) is 7.62. The summed E-state index contributed by atoms with van der Waals surface area (Å²) in [6.45, 7) is 15.7. The van der Waals surface area contributed by atoms with Gasteiger partial charge in [0.05, 0.1) is 12.7 Å². The predicted octanol–water partition coefficient (Wildman–Crippen LogP) is 3.49. The van der Waals surface area contributed by atoms with E-state index in [1.807, 2.05) is 0 Å². The van der Waals surface area contributed by atoms with Gasteiger partial charge in [0.25, 0.3) is 0 Å². The second kappa shape index (κ2) is 8.50. The highest BCUT2D eigenvalue weighted by atomic mass is 16.5. The van der Waals surface area contributed by atoms with Crippen LogP contribution in [0, 0.1) is 11.3 Å². The quantitative estimate of drug-likeness (QED) is 0.715. The zero-order valence-corrected chi connectivity index (χ0v) is 15.5. The molecule has 1 heterocycles. The minimum atomic E-state index is 0.350. The Bertz CT molecular complexity index is 285. The first-order valence-corrected chi connectivity index (χ1v) is 8.69. The second-order valence-corrected chi connectivity index (χ2v) is 8.54. The van der Waals surface area contributed by atoms with Crippen LogP contribution in [0.15, 0.2) is 0 Å². The first kappa shape index (κ1) is 18.9. The van der Waals surface area contributed by atoms with Crippen LogP contribution in [0.25, 0.3) is 0 Å². The summed E-state index contributed by atoms with van der Waals surface area (Å²) in [7, 11) is 4.49. The lowest BCUT2D eigenvalue weighted by Crippen LogP contribution is -2.53.